The molecule has 1 N–H and O–H groups in total. The predicted molar refractivity (Wildman–Crippen MR) is 79.0 cm³/mol. The van der Waals surface area contributed by atoms with E-state index in [0.29, 0.717) is 10.8 Å². The van der Waals surface area contributed by atoms with E-state index in [0.717, 1.165) is 15.8 Å². The standard InChI is InChI=1S/C13H9BrClN3O/c14-8-5-9(15)13(16-6-8)18-7-12(19)17-10-3-1-2-4-11(10)18/h1-6H,7H2,(H,17,19). The van der Waals surface area contributed by atoms with E-state index in [4.69, 9.17) is 11.6 Å². The quantitative estimate of drug-likeness (QED) is 0.864. The van der Waals surface area contributed by atoms with Crippen molar-refractivity contribution in [3.63, 3.8) is 0 Å². The second-order valence-electron chi connectivity index (χ2n) is 4.11. The van der Waals surface area contributed by atoms with Crippen molar-refractivity contribution in [2.24, 2.45) is 0 Å². The minimum atomic E-state index is -0.0838. The minimum absolute atomic E-state index is 0.0838. The van der Waals surface area contributed by atoms with Crippen LogP contribution in [0.2, 0.25) is 5.02 Å². The molecule has 0 bridgehead atoms. The third kappa shape index (κ3) is 2.31. The van der Waals surface area contributed by atoms with Crippen LogP contribution in [0, 0.1) is 0 Å². The van der Waals surface area contributed by atoms with E-state index in [1.807, 2.05) is 29.2 Å². The Labute approximate surface area is 123 Å². The molecular formula is C13H9BrClN3O. The fourth-order valence-electron chi connectivity index (χ4n) is 2.03. The number of aromatic nitrogens is 1. The van der Waals surface area contributed by atoms with Crippen LogP contribution >= 0.6 is 27.5 Å². The molecule has 4 nitrogen and oxygen atoms in total. The fraction of sp³-hybridized carbons (Fsp3) is 0.0769. The van der Waals surface area contributed by atoms with Crippen molar-refractivity contribution in [3.05, 3.63) is 46.0 Å². The smallest absolute Gasteiger partial charge is 0.244 e. The summed E-state index contributed by atoms with van der Waals surface area (Å²) in [5.74, 6) is 0.492. The molecule has 1 aliphatic heterocycles. The molecule has 0 fully saturated rings. The molecule has 1 aliphatic rings. The number of carbonyl (C=O) groups excluding carboxylic acids is 1. The van der Waals surface area contributed by atoms with Crippen molar-refractivity contribution < 1.29 is 4.79 Å². The molecule has 0 unspecified atom stereocenters. The molecule has 0 atom stereocenters. The summed E-state index contributed by atoms with van der Waals surface area (Å²) in [5, 5.41) is 3.33. The van der Waals surface area contributed by atoms with Gasteiger partial charge in [-0.05, 0) is 34.1 Å². The van der Waals surface area contributed by atoms with E-state index in [2.05, 4.69) is 26.2 Å². The highest BCUT2D eigenvalue weighted by Gasteiger charge is 2.25. The van der Waals surface area contributed by atoms with Crippen LogP contribution in [0.5, 0.6) is 0 Å². The normalized spacial score (nSPS) is 14.0. The maximum absolute atomic E-state index is 11.8. The third-order valence-electron chi connectivity index (χ3n) is 2.81. The molecule has 3 rings (SSSR count). The van der Waals surface area contributed by atoms with Crippen LogP contribution in [0.15, 0.2) is 41.0 Å². The molecule has 0 spiro atoms. The Hall–Kier alpha value is -1.59. The van der Waals surface area contributed by atoms with Gasteiger partial charge in [-0.2, -0.15) is 0 Å². The van der Waals surface area contributed by atoms with E-state index >= 15 is 0 Å². The van der Waals surface area contributed by atoms with Crippen molar-refractivity contribution in [3.8, 4) is 0 Å². The van der Waals surface area contributed by atoms with E-state index in [9.17, 15) is 4.79 Å². The van der Waals surface area contributed by atoms with Gasteiger partial charge in [0, 0.05) is 10.7 Å². The highest BCUT2D eigenvalue weighted by Crippen LogP contribution is 2.37. The fourth-order valence-corrected chi connectivity index (χ4v) is 2.76. The molecule has 1 aromatic heterocycles. The van der Waals surface area contributed by atoms with Gasteiger partial charge in [-0.25, -0.2) is 4.98 Å². The molecule has 0 aliphatic carbocycles. The van der Waals surface area contributed by atoms with E-state index in [1.54, 1.807) is 12.3 Å². The van der Waals surface area contributed by atoms with Crippen LogP contribution in [0.1, 0.15) is 0 Å². The van der Waals surface area contributed by atoms with Gasteiger partial charge < -0.3 is 10.2 Å². The van der Waals surface area contributed by atoms with Crippen molar-refractivity contribution >= 4 is 50.6 Å². The van der Waals surface area contributed by atoms with Crippen LogP contribution < -0.4 is 10.2 Å². The first-order valence-electron chi connectivity index (χ1n) is 5.62. The number of carbonyl (C=O) groups is 1. The number of hydrogen-bond donors (Lipinski definition) is 1. The average Bonchev–Trinajstić information content (AvgIpc) is 2.38. The highest BCUT2D eigenvalue weighted by molar-refractivity contribution is 9.10. The molecule has 19 heavy (non-hydrogen) atoms. The van der Waals surface area contributed by atoms with E-state index in [-0.39, 0.29) is 12.5 Å². The van der Waals surface area contributed by atoms with Crippen LogP contribution in [-0.4, -0.2) is 17.4 Å². The summed E-state index contributed by atoms with van der Waals surface area (Å²) in [6, 6.07) is 9.33. The lowest BCUT2D eigenvalue weighted by Crippen LogP contribution is -2.35. The average molecular weight is 339 g/mol. The zero-order valence-corrected chi connectivity index (χ0v) is 12.1. The molecule has 6 heteroatoms. The summed E-state index contributed by atoms with van der Waals surface area (Å²) in [5.41, 5.74) is 1.65. The lowest BCUT2D eigenvalue weighted by atomic mass is 10.2. The van der Waals surface area contributed by atoms with Gasteiger partial charge in [-0.3, -0.25) is 4.79 Å². The summed E-state index contributed by atoms with van der Waals surface area (Å²) in [6.07, 6.45) is 1.66. The SMILES string of the molecule is O=C1CN(c2ncc(Br)cc2Cl)c2ccccc2N1. The monoisotopic (exact) mass is 337 g/mol. The Kier molecular flexibility index (Phi) is 3.16. The number of nitrogens with zero attached hydrogens (tertiary/aromatic N) is 2. The number of rotatable bonds is 1. The summed E-state index contributed by atoms with van der Waals surface area (Å²) < 4.78 is 0.802. The Morgan fingerprint density at radius 1 is 1.37 bits per heavy atom. The zero-order valence-electron chi connectivity index (χ0n) is 9.73. The summed E-state index contributed by atoms with van der Waals surface area (Å²) in [6.45, 7) is 0.200. The Balaban J connectivity index is 2.12. The number of fused-ring (bicyclic) bond motifs is 1. The first-order chi connectivity index (χ1) is 9.15. The summed E-state index contributed by atoms with van der Waals surface area (Å²) >= 11 is 9.53. The lowest BCUT2D eigenvalue weighted by Gasteiger charge is -2.30. The number of hydrogen-bond acceptors (Lipinski definition) is 3. The van der Waals surface area contributed by atoms with Crippen molar-refractivity contribution in [1.82, 2.24) is 4.98 Å². The molecule has 1 aromatic carbocycles. The molecule has 2 heterocycles. The number of halogens is 2. The van der Waals surface area contributed by atoms with Gasteiger partial charge in [0.15, 0.2) is 5.82 Å². The van der Waals surface area contributed by atoms with Crippen molar-refractivity contribution in [2.45, 2.75) is 0 Å². The van der Waals surface area contributed by atoms with E-state index in [1.165, 1.54) is 0 Å². The Bertz CT molecular complexity index is 662. The number of benzene rings is 1. The van der Waals surface area contributed by atoms with Crippen LogP contribution in [0.4, 0.5) is 17.2 Å². The molecule has 1 amide bonds. The Morgan fingerprint density at radius 2 is 2.16 bits per heavy atom. The van der Waals surface area contributed by atoms with Gasteiger partial charge in [-0.15, -0.1) is 0 Å². The first-order valence-corrected chi connectivity index (χ1v) is 6.80. The van der Waals surface area contributed by atoms with Crippen LogP contribution in [0.3, 0.4) is 0 Å². The summed E-state index contributed by atoms with van der Waals surface area (Å²) in [4.78, 5) is 17.9. The van der Waals surface area contributed by atoms with Gasteiger partial charge in [0.25, 0.3) is 0 Å². The van der Waals surface area contributed by atoms with Gasteiger partial charge in [-0.1, -0.05) is 23.7 Å². The number of amides is 1. The van der Waals surface area contributed by atoms with Gasteiger partial charge in [0.2, 0.25) is 5.91 Å². The first kappa shape index (κ1) is 12.4. The number of pyridine rings is 1. The maximum Gasteiger partial charge on any atom is 0.244 e. The van der Waals surface area contributed by atoms with Crippen LogP contribution in [0.25, 0.3) is 0 Å². The maximum atomic E-state index is 11.8. The predicted octanol–water partition coefficient (Wildman–Crippen LogP) is 3.59. The van der Waals surface area contributed by atoms with Crippen molar-refractivity contribution in [2.75, 3.05) is 16.8 Å². The summed E-state index contributed by atoms with van der Waals surface area (Å²) in [7, 11) is 0. The second-order valence-corrected chi connectivity index (χ2v) is 5.43. The topological polar surface area (TPSA) is 45.2 Å². The Morgan fingerprint density at radius 3 is 2.95 bits per heavy atom. The van der Waals surface area contributed by atoms with Crippen molar-refractivity contribution in [1.29, 1.82) is 0 Å². The van der Waals surface area contributed by atoms with Gasteiger partial charge >= 0.3 is 0 Å². The molecule has 0 radical (unpaired) electrons. The molecule has 2 aromatic rings. The largest absolute Gasteiger partial charge is 0.323 e. The minimum Gasteiger partial charge on any atom is -0.323 e. The lowest BCUT2D eigenvalue weighted by molar-refractivity contribution is -0.115. The molecule has 96 valence electrons. The highest BCUT2D eigenvalue weighted by atomic mass is 79.9. The zero-order chi connectivity index (χ0) is 13.4. The molecule has 0 saturated heterocycles. The van der Waals surface area contributed by atoms with Gasteiger partial charge in [0.05, 0.1) is 16.4 Å². The second kappa shape index (κ2) is 4.83. The van der Waals surface area contributed by atoms with E-state index < -0.39 is 0 Å². The molecular weight excluding hydrogens is 330 g/mol. The number of nitrogens with one attached hydrogen (secondary N) is 1. The number of anilines is 3. The van der Waals surface area contributed by atoms with Crippen LogP contribution in [-0.2, 0) is 4.79 Å². The third-order valence-corrected chi connectivity index (χ3v) is 3.53. The number of para-hydroxylation sites is 2. The molecule has 0 saturated carbocycles. The van der Waals surface area contributed by atoms with Gasteiger partial charge in [0.1, 0.15) is 6.54 Å².